The zero-order valence-electron chi connectivity index (χ0n) is 10.4. The van der Waals surface area contributed by atoms with E-state index in [0.29, 0.717) is 7.11 Å². The Labute approximate surface area is 122 Å². The highest BCUT2D eigenvalue weighted by Crippen LogP contribution is 2.46. The first-order valence-electron chi connectivity index (χ1n) is 5.27. The van der Waals surface area contributed by atoms with Crippen LogP contribution in [0.2, 0.25) is 5.02 Å². The van der Waals surface area contributed by atoms with Crippen LogP contribution in [0.25, 0.3) is 0 Å². The first-order valence-corrected chi connectivity index (χ1v) is 5.64. The Bertz CT molecular complexity index is 544. The first-order chi connectivity index (χ1) is 9.69. The lowest BCUT2D eigenvalue weighted by molar-refractivity contribution is -0.216. The van der Waals surface area contributed by atoms with Crippen LogP contribution in [0.3, 0.4) is 0 Å². The van der Waals surface area contributed by atoms with Gasteiger partial charge in [0.2, 0.25) is 0 Å². The maximum absolute atomic E-state index is 12.7. The summed E-state index contributed by atoms with van der Waals surface area (Å²) in [4.78, 5) is 0. The van der Waals surface area contributed by atoms with Crippen LogP contribution in [0.5, 0.6) is 0 Å². The van der Waals surface area contributed by atoms with Gasteiger partial charge < -0.3 is 4.74 Å². The summed E-state index contributed by atoms with van der Waals surface area (Å²) in [5.74, 6) is 0. The summed E-state index contributed by atoms with van der Waals surface area (Å²) in [7, 11) is 0.488. The van der Waals surface area contributed by atoms with Crippen LogP contribution in [-0.4, -0.2) is 13.3 Å². The third-order valence-corrected chi connectivity index (χ3v) is 2.97. The van der Waals surface area contributed by atoms with Crippen molar-refractivity contribution in [3.63, 3.8) is 0 Å². The van der Waals surface area contributed by atoms with E-state index < -0.39 is 46.3 Å². The topological polar surface area (TPSA) is 9.23 Å². The van der Waals surface area contributed by atoms with Gasteiger partial charge in [0.1, 0.15) is 0 Å². The number of benzene rings is 1. The number of hydrogen-bond donors (Lipinski definition) is 0. The second-order valence-corrected chi connectivity index (χ2v) is 4.46. The van der Waals surface area contributed by atoms with Crippen molar-refractivity contribution in [2.75, 3.05) is 7.11 Å². The molecular weight excluding hydrogens is 355 g/mol. The van der Waals surface area contributed by atoms with Crippen LogP contribution in [0, 0.1) is 0 Å². The molecule has 0 heterocycles. The molecule has 1 atom stereocenters. The van der Waals surface area contributed by atoms with Crippen molar-refractivity contribution in [2.45, 2.75) is 24.6 Å². The smallest absolute Gasteiger partial charge is 0.367 e. The summed E-state index contributed by atoms with van der Waals surface area (Å²) >= 11 is 5.23. The van der Waals surface area contributed by atoms with E-state index >= 15 is 0 Å². The summed E-state index contributed by atoms with van der Waals surface area (Å²) in [6.45, 7) is 0. The Morgan fingerprint density at radius 3 is 1.73 bits per heavy atom. The van der Waals surface area contributed by atoms with Gasteiger partial charge >= 0.3 is 18.5 Å². The summed E-state index contributed by atoms with van der Waals surface area (Å²) in [5.41, 5.74) is -5.39. The summed E-state index contributed by atoms with van der Waals surface area (Å²) in [6.07, 6.45) is -18.9. The largest absolute Gasteiger partial charge is 0.418 e. The molecule has 11 heteroatoms. The van der Waals surface area contributed by atoms with E-state index in [9.17, 15) is 39.5 Å². The van der Waals surface area contributed by atoms with Gasteiger partial charge in [-0.2, -0.15) is 39.5 Å². The monoisotopic (exact) mass is 360 g/mol. The minimum Gasteiger partial charge on any atom is -0.367 e. The van der Waals surface area contributed by atoms with Gasteiger partial charge in [0, 0.05) is 12.7 Å². The lowest BCUT2D eigenvalue weighted by atomic mass is 10.0. The molecule has 0 aromatic heterocycles. The fraction of sp³-hybridized carbons (Fsp3) is 0.455. The second kappa shape index (κ2) is 5.80. The van der Waals surface area contributed by atoms with Crippen molar-refractivity contribution < 1.29 is 44.3 Å². The molecule has 0 aliphatic heterocycles. The SMILES string of the molecule is COC(c1cc(C(F)(F)F)cc(C(F)(F)F)c1Cl)C(F)(F)F. The molecule has 0 N–H and O–H groups in total. The molecule has 0 saturated carbocycles. The Morgan fingerprint density at radius 2 is 1.41 bits per heavy atom. The van der Waals surface area contributed by atoms with E-state index in [0.717, 1.165) is 0 Å². The number of ether oxygens (including phenoxy) is 1. The molecule has 1 aromatic rings. The lowest BCUT2D eigenvalue weighted by Gasteiger charge is -2.23. The Balaban J connectivity index is 3.70. The quantitative estimate of drug-likeness (QED) is 0.621. The summed E-state index contributed by atoms with van der Waals surface area (Å²) in [6, 6.07) is -0.464. The molecule has 0 aliphatic rings. The fourth-order valence-electron chi connectivity index (χ4n) is 1.64. The molecule has 1 rings (SSSR count). The summed E-state index contributed by atoms with van der Waals surface area (Å²) < 4.78 is 118. The maximum Gasteiger partial charge on any atom is 0.418 e. The molecule has 0 saturated heterocycles. The van der Waals surface area contributed by atoms with Gasteiger partial charge in [-0.1, -0.05) is 11.6 Å². The first kappa shape index (κ1) is 18.9. The Kier molecular flexibility index (Phi) is 4.98. The number of hydrogen-bond acceptors (Lipinski definition) is 1. The molecule has 0 spiro atoms. The molecule has 1 aromatic carbocycles. The summed E-state index contributed by atoms with van der Waals surface area (Å²) in [5, 5.41) is -1.50. The highest BCUT2D eigenvalue weighted by atomic mass is 35.5. The highest BCUT2D eigenvalue weighted by Gasteiger charge is 2.46. The van der Waals surface area contributed by atoms with E-state index in [-0.39, 0.29) is 12.1 Å². The van der Waals surface area contributed by atoms with Crippen molar-refractivity contribution in [3.05, 3.63) is 33.8 Å². The molecule has 0 fully saturated rings. The van der Waals surface area contributed by atoms with Crippen LogP contribution in [0.15, 0.2) is 12.1 Å². The Hall–Kier alpha value is -1.16. The van der Waals surface area contributed by atoms with Crippen molar-refractivity contribution in [3.8, 4) is 0 Å². The van der Waals surface area contributed by atoms with Crippen molar-refractivity contribution in [1.29, 1.82) is 0 Å². The van der Waals surface area contributed by atoms with Crippen LogP contribution in [0.1, 0.15) is 22.8 Å². The molecule has 0 radical (unpaired) electrons. The average molecular weight is 361 g/mol. The highest BCUT2D eigenvalue weighted by molar-refractivity contribution is 6.32. The Morgan fingerprint density at radius 1 is 0.909 bits per heavy atom. The van der Waals surface area contributed by atoms with Crippen LogP contribution >= 0.6 is 11.6 Å². The van der Waals surface area contributed by atoms with E-state index in [1.807, 2.05) is 0 Å². The second-order valence-electron chi connectivity index (χ2n) is 4.08. The molecule has 0 amide bonds. The normalized spacial score (nSPS) is 15.0. The zero-order chi connectivity index (χ0) is 17.5. The van der Waals surface area contributed by atoms with E-state index in [1.165, 1.54) is 0 Å². The third kappa shape index (κ3) is 3.97. The van der Waals surface area contributed by atoms with Crippen molar-refractivity contribution in [2.24, 2.45) is 0 Å². The molecule has 22 heavy (non-hydrogen) atoms. The molecule has 1 nitrogen and oxygen atoms in total. The number of methoxy groups -OCH3 is 1. The predicted molar refractivity (Wildman–Crippen MR) is 57.3 cm³/mol. The standard InChI is InChI=1S/C11H6ClF9O/c1-22-8(11(19,20)21)5-2-4(9(13,14)15)3-6(7(5)12)10(16,17)18/h2-3,8H,1H3. The molecule has 1 unspecified atom stereocenters. The maximum atomic E-state index is 12.7. The third-order valence-electron chi connectivity index (χ3n) is 2.55. The predicted octanol–water partition coefficient (Wildman–Crippen LogP) is 5.63. The molecule has 0 bridgehead atoms. The van der Waals surface area contributed by atoms with Gasteiger partial charge in [0.25, 0.3) is 0 Å². The van der Waals surface area contributed by atoms with Crippen LogP contribution in [0.4, 0.5) is 39.5 Å². The lowest BCUT2D eigenvalue weighted by Crippen LogP contribution is -2.24. The van der Waals surface area contributed by atoms with E-state index in [2.05, 4.69) is 4.74 Å². The van der Waals surface area contributed by atoms with Crippen molar-refractivity contribution >= 4 is 11.6 Å². The molecular formula is C11H6ClF9O. The minimum atomic E-state index is -5.36. The minimum absolute atomic E-state index is 0.112. The van der Waals surface area contributed by atoms with Gasteiger partial charge in [0.15, 0.2) is 6.10 Å². The van der Waals surface area contributed by atoms with Gasteiger partial charge in [-0.25, -0.2) is 0 Å². The number of halogens is 10. The molecule has 0 aliphatic carbocycles. The molecule has 126 valence electrons. The van der Waals surface area contributed by atoms with Crippen LogP contribution < -0.4 is 0 Å². The fourth-order valence-corrected chi connectivity index (χ4v) is 1.96. The van der Waals surface area contributed by atoms with Gasteiger partial charge in [-0.05, 0) is 12.1 Å². The van der Waals surface area contributed by atoms with Gasteiger partial charge in [-0.3, -0.25) is 0 Å². The number of rotatable bonds is 2. The zero-order valence-corrected chi connectivity index (χ0v) is 11.2. The average Bonchev–Trinajstić information content (AvgIpc) is 2.27. The number of alkyl halides is 9. The van der Waals surface area contributed by atoms with Gasteiger partial charge in [-0.15, -0.1) is 0 Å². The van der Waals surface area contributed by atoms with Gasteiger partial charge in [0.05, 0.1) is 16.1 Å². The van der Waals surface area contributed by atoms with E-state index in [4.69, 9.17) is 11.6 Å². The van der Waals surface area contributed by atoms with Crippen molar-refractivity contribution in [1.82, 2.24) is 0 Å². The van der Waals surface area contributed by atoms with E-state index in [1.54, 1.807) is 0 Å². The van der Waals surface area contributed by atoms with Crippen LogP contribution in [-0.2, 0) is 17.1 Å².